The van der Waals surface area contributed by atoms with Gasteiger partial charge in [-0.2, -0.15) is 0 Å². The zero-order chi connectivity index (χ0) is 16.9. The maximum absolute atomic E-state index is 11.2. The predicted molar refractivity (Wildman–Crippen MR) is 87.5 cm³/mol. The molecule has 5 nitrogen and oxygen atoms in total. The number of aliphatic hydroxyl groups excluding tert-OH is 2. The molecule has 124 valence electrons. The molecule has 1 aliphatic rings. The average molecular weight is 326 g/mol. The van der Waals surface area contributed by atoms with Gasteiger partial charge in [-0.05, 0) is 11.1 Å². The maximum atomic E-state index is 11.2. The van der Waals surface area contributed by atoms with E-state index in [1.807, 2.05) is 60.7 Å². The zero-order valence-corrected chi connectivity index (χ0v) is 13.0. The van der Waals surface area contributed by atoms with Crippen LogP contribution < -0.4 is 0 Å². The van der Waals surface area contributed by atoms with E-state index in [0.717, 1.165) is 11.1 Å². The lowest BCUT2D eigenvalue weighted by molar-refractivity contribution is -0.143. The number of aliphatic hydroxyl groups is 2. The summed E-state index contributed by atoms with van der Waals surface area (Å²) in [7, 11) is 0. The Balaban J connectivity index is 1.69. The summed E-state index contributed by atoms with van der Waals surface area (Å²) in [4.78, 5) is 11.2. The Hall–Kier alpha value is -2.79. The van der Waals surface area contributed by atoms with Crippen molar-refractivity contribution in [2.75, 3.05) is 6.61 Å². The molecule has 5 heteroatoms. The van der Waals surface area contributed by atoms with Crippen molar-refractivity contribution in [1.29, 1.82) is 0 Å². The van der Waals surface area contributed by atoms with Crippen LogP contribution in [0.3, 0.4) is 0 Å². The van der Waals surface area contributed by atoms with Crippen molar-refractivity contribution < 1.29 is 24.5 Å². The van der Waals surface area contributed by atoms with E-state index in [9.17, 15) is 15.0 Å². The van der Waals surface area contributed by atoms with Crippen LogP contribution in [0.15, 0.2) is 72.2 Å². The lowest BCUT2D eigenvalue weighted by atomic mass is 10.0. The number of carbonyl (C=O) groups excluding carboxylic acids is 1. The van der Waals surface area contributed by atoms with Crippen molar-refractivity contribution in [3.63, 3.8) is 0 Å². The van der Waals surface area contributed by atoms with Crippen LogP contribution in [0.5, 0.6) is 0 Å². The minimum absolute atomic E-state index is 0.254. The molecule has 0 amide bonds. The van der Waals surface area contributed by atoms with Gasteiger partial charge in [-0.25, -0.2) is 4.79 Å². The van der Waals surface area contributed by atoms with Gasteiger partial charge in [-0.1, -0.05) is 60.7 Å². The van der Waals surface area contributed by atoms with Crippen LogP contribution in [0.25, 0.3) is 0 Å². The molecule has 0 saturated carbocycles. The number of ether oxygens (including phenoxy) is 2. The summed E-state index contributed by atoms with van der Waals surface area (Å²) in [5.74, 6) is -2.05. The van der Waals surface area contributed by atoms with Gasteiger partial charge in [0.25, 0.3) is 0 Å². The molecule has 0 aliphatic carbocycles. The van der Waals surface area contributed by atoms with E-state index in [0.29, 0.717) is 0 Å². The molecule has 0 spiro atoms. The van der Waals surface area contributed by atoms with E-state index in [1.54, 1.807) is 0 Å². The molecule has 0 aromatic heterocycles. The second kappa shape index (κ2) is 7.19. The number of cyclic esters (lactones) is 1. The lowest BCUT2D eigenvalue weighted by Gasteiger charge is -2.20. The molecule has 24 heavy (non-hydrogen) atoms. The van der Waals surface area contributed by atoms with Gasteiger partial charge in [-0.15, -0.1) is 0 Å². The monoisotopic (exact) mass is 326 g/mol. The van der Waals surface area contributed by atoms with Crippen LogP contribution in [0.1, 0.15) is 23.7 Å². The Morgan fingerprint density at radius 1 is 0.958 bits per heavy atom. The van der Waals surface area contributed by atoms with Gasteiger partial charge in [0.2, 0.25) is 5.76 Å². The first-order chi connectivity index (χ1) is 11.7. The Morgan fingerprint density at radius 3 is 1.96 bits per heavy atom. The molecule has 0 radical (unpaired) electrons. The molecule has 1 unspecified atom stereocenters. The van der Waals surface area contributed by atoms with Crippen molar-refractivity contribution in [3.05, 3.63) is 83.3 Å². The highest BCUT2D eigenvalue weighted by molar-refractivity contribution is 5.88. The number of benzene rings is 2. The highest BCUT2D eigenvalue weighted by Gasteiger charge is 2.34. The minimum Gasteiger partial charge on any atom is -0.505 e. The average Bonchev–Trinajstić information content (AvgIpc) is 2.87. The first-order valence-corrected chi connectivity index (χ1v) is 7.71. The first kappa shape index (κ1) is 16.1. The van der Waals surface area contributed by atoms with Crippen LogP contribution >= 0.6 is 0 Å². The summed E-state index contributed by atoms with van der Waals surface area (Å²) in [6.07, 6.45) is -0.855. The SMILES string of the molecule is O=C1OC(CCOC(c2ccccc2)c2ccccc2)C(O)=C1O. The van der Waals surface area contributed by atoms with E-state index in [2.05, 4.69) is 0 Å². The summed E-state index contributed by atoms with van der Waals surface area (Å²) in [6.45, 7) is 0.254. The number of esters is 1. The molecule has 0 saturated heterocycles. The van der Waals surface area contributed by atoms with Crippen LogP contribution in [0.2, 0.25) is 0 Å². The second-order valence-electron chi connectivity index (χ2n) is 5.49. The van der Waals surface area contributed by atoms with Gasteiger partial charge in [0.15, 0.2) is 11.9 Å². The smallest absolute Gasteiger partial charge is 0.377 e. The predicted octanol–water partition coefficient (Wildman–Crippen LogP) is 3.44. The van der Waals surface area contributed by atoms with Gasteiger partial charge in [0, 0.05) is 6.42 Å². The van der Waals surface area contributed by atoms with Crippen molar-refractivity contribution in [2.24, 2.45) is 0 Å². The summed E-state index contributed by atoms with van der Waals surface area (Å²) in [6, 6.07) is 19.6. The number of rotatable bonds is 6. The van der Waals surface area contributed by atoms with Gasteiger partial charge >= 0.3 is 5.97 Å². The molecule has 3 rings (SSSR count). The molecule has 1 heterocycles. The molecule has 1 aliphatic heterocycles. The fourth-order valence-corrected chi connectivity index (χ4v) is 2.63. The van der Waals surface area contributed by atoms with Crippen molar-refractivity contribution in [1.82, 2.24) is 0 Å². The summed E-state index contributed by atoms with van der Waals surface area (Å²) >= 11 is 0. The van der Waals surface area contributed by atoms with E-state index < -0.39 is 23.6 Å². The standard InChI is InChI=1S/C19H18O5/c20-16-15(24-19(22)17(16)21)11-12-23-18(13-7-3-1-4-8-13)14-9-5-2-6-10-14/h1-10,15,18,20-21H,11-12H2. The van der Waals surface area contributed by atoms with E-state index in [-0.39, 0.29) is 19.1 Å². The zero-order valence-electron chi connectivity index (χ0n) is 13.0. The largest absolute Gasteiger partial charge is 0.505 e. The molecular weight excluding hydrogens is 308 g/mol. The second-order valence-corrected chi connectivity index (χ2v) is 5.49. The van der Waals surface area contributed by atoms with Crippen LogP contribution in [0.4, 0.5) is 0 Å². The van der Waals surface area contributed by atoms with Crippen LogP contribution in [0, 0.1) is 0 Å². The van der Waals surface area contributed by atoms with Crippen LogP contribution in [-0.4, -0.2) is 28.9 Å². The van der Waals surface area contributed by atoms with Crippen molar-refractivity contribution >= 4 is 5.97 Å². The fraction of sp³-hybridized carbons (Fsp3) is 0.211. The van der Waals surface area contributed by atoms with Crippen molar-refractivity contribution in [2.45, 2.75) is 18.6 Å². The van der Waals surface area contributed by atoms with E-state index >= 15 is 0 Å². The number of carbonyl (C=O) groups is 1. The van der Waals surface area contributed by atoms with E-state index in [1.165, 1.54) is 0 Å². The molecule has 2 aromatic carbocycles. The molecule has 0 bridgehead atoms. The fourth-order valence-electron chi connectivity index (χ4n) is 2.63. The molecule has 2 aromatic rings. The molecule has 2 N–H and O–H groups in total. The molecule has 0 fully saturated rings. The Morgan fingerprint density at radius 2 is 1.50 bits per heavy atom. The van der Waals surface area contributed by atoms with E-state index in [4.69, 9.17) is 9.47 Å². The summed E-state index contributed by atoms with van der Waals surface area (Å²) in [5.41, 5.74) is 2.02. The lowest BCUT2D eigenvalue weighted by Crippen LogP contribution is -2.16. The number of hydrogen-bond acceptors (Lipinski definition) is 5. The normalized spacial score (nSPS) is 17.4. The highest BCUT2D eigenvalue weighted by Crippen LogP contribution is 2.27. The van der Waals surface area contributed by atoms with Gasteiger partial charge in [0.1, 0.15) is 6.10 Å². The Labute approximate surface area is 139 Å². The molecule has 1 atom stereocenters. The third-order valence-electron chi connectivity index (χ3n) is 3.86. The Kier molecular flexibility index (Phi) is 4.82. The minimum atomic E-state index is -0.903. The Bertz CT molecular complexity index is 684. The van der Waals surface area contributed by atoms with Crippen LogP contribution in [-0.2, 0) is 14.3 Å². The van der Waals surface area contributed by atoms with Gasteiger partial charge in [-0.3, -0.25) is 0 Å². The topological polar surface area (TPSA) is 76.0 Å². The van der Waals surface area contributed by atoms with Gasteiger partial charge in [0.05, 0.1) is 6.61 Å². The maximum Gasteiger partial charge on any atom is 0.377 e. The third kappa shape index (κ3) is 3.41. The first-order valence-electron chi connectivity index (χ1n) is 7.71. The summed E-state index contributed by atoms with van der Waals surface area (Å²) in [5, 5.41) is 19.0. The third-order valence-corrected chi connectivity index (χ3v) is 3.86. The highest BCUT2D eigenvalue weighted by atomic mass is 16.6. The number of hydrogen-bond donors (Lipinski definition) is 2. The van der Waals surface area contributed by atoms with Crippen molar-refractivity contribution in [3.8, 4) is 0 Å². The summed E-state index contributed by atoms with van der Waals surface area (Å²) < 4.78 is 10.9. The quantitative estimate of drug-likeness (QED) is 0.795. The molecular formula is C19H18O5. The van der Waals surface area contributed by atoms with Gasteiger partial charge < -0.3 is 19.7 Å².